The highest BCUT2D eigenvalue weighted by Crippen LogP contribution is 2.32. The number of aromatic amines is 1. The average Bonchev–Trinajstić information content (AvgIpc) is 3.15. The maximum absolute atomic E-state index is 13.3. The lowest BCUT2D eigenvalue weighted by Gasteiger charge is -2.11. The summed E-state index contributed by atoms with van der Waals surface area (Å²) in [7, 11) is 0. The zero-order chi connectivity index (χ0) is 18.1. The number of rotatable bonds is 4. The third-order valence-electron chi connectivity index (χ3n) is 3.65. The van der Waals surface area contributed by atoms with Gasteiger partial charge in [0.05, 0.1) is 5.39 Å². The highest BCUT2D eigenvalue weighted by Gasteiger charge is 2.19. The van der Waals surface area contributed by atoms with Crippen molar-refractivity contribution in [1.82, 2.24) is 20.6 Å². The van der Waals surface area contributed by atoms with Crippen molar-refractivity contribution < 1.29 is 13.5 Å². The van der Waals surface area contributed by atoms with Crippen LogP contribution in [0.3, 0.4) is 0 Å². The number of hydrogen-bond acceptors (Lipinski definition) is 6. The first-order chi connectivity index (χ1) is 12.6. The number of nitrogens with zero attached hydrogens (tertiary/aromatic N) is 3. The van der Waals surface area contributed by atoms with Crippen LogP contribution in [0.25, 0.3) is 22.3 Å². The summed E-state index contributed by atoms with van der Waals surface area (Å²) in [5.74, 6) is -0.00986. The quantitative estimate of drug-likeness (QED) is 0.590. The number of H-pyrrole nitrogens is 1. The number of halogens is 2. The molecule has 26 heavy (non-hydrogen) atoms. The van der Waals surface area contributed by atoms with Crippen molar-refractivity contribution in [3.8, 4) is 17.1 Å². The number of nitrogens with one attached hydrogen (secondary N) is 1. The fourth-order valence-electron chi connectivity index (χ4n) is 2.45. The van der Waals surface area contributed by atoms with Crippen LogP contribution >= 0.6 is 11.6 Å². The van der Waals surface area contributed by atoms with E-state index in [1.165, 1.54) is 30.3 Å². The summed E-state index contributed by atoms with van der Waals surface area (Å²) < 4.78 is 24.7. The minimum Gasteiger partial charge on any atom is -0.478 e. The molecule has 7 nitrogen and oxygen atoms in total. The van der Waals surface area contributed by atoms with E-state index in [0.29, 0.717) is 21.6 Å². The van der Waals surface area contributed by atoms with Crippen LogP contribution in [-0.4, -0.2) is 20.6 Å². The molecule has 2 heterocycles. The lowest BCUT2D eigenvalue weighted by Crippen LogP contribution is -2.11. The molecule has 1 N–H and O–H groups in total. The molecule has 2 aromatic carbocycles. The highest BCUT2D eigenvalue weighted by atomic mass is 35.5. The summed E-state index contributed by atoms with van der Waals surface area (Å²) in [5.41, 5.74) is 0.396. The molecular formula is C17H10ClFN4O3. The minimum atomic E-state index is -0.408. The fourth-order valence-corrected chi connectivity index (χ4v) is 2.61. The van der Waals surface area contributed by atoms with Crippen molar-refractivity contribution in [1.29, 1.82) is 0 Å². The third kappa shape index (κ3) is 3.02. The van der Waals surface area contributed by atoms with Gasteiger partial charge in [0.1, 0.15) is 11.4 Å². The Balaban J connectivity index is 1.89. The Kier molecular flexibility index (Phi) is 4.10. The Hall–Kier alpha value is -3.26. The molecule has 0 atom stereocenters. The summed E-state index contributed by atoms with van der Waals surface area (Å²) in [6, 6.07) is 10.2. The van der Waals surface area contributed by atoms with Crippen molar-refractivity contribution in [2.24, 2.45) is 0 Å². The number of hydrogen-bond donors (Lipinski definition) is 1. The second-order valence-electron chi connectivity index (χ2n) is 5.35. The van der Waals surface area contributed by atoms with Crippen molar-refractivity contribution in [3.05, 3.63) is 69.4 Å². The lowest BCUT2D eigenvalue weighted by molar-refractivity contribution is 0.288. The molecule has 0 aliphatic heterocycles. The van der Waals surface area contributed by atoms with Gasteiger partial charge in [-0.25, -0.2) is 4.39 Å². The molecule has 0 spiro atoms. The zero-order valence-corrected chi connectivity index (χ0v) is 13.8. The molecule has 4 rings (SSSR count). The summed E-state index contributed by atoms with van der Waals surface area (Å²) in [4.78, 5) is 12.9. The lowest BCUT2D eigenvalue weighted by atomic mass is 10.1. The van der Waals surface area contributed by atoms with E-state index < -0.39 is 5.82 Å². The first-order valence-corrected chi connectivity index (χ1v) is 7.87. The molecule has 0 amide bonds. The van der Waals surface area contributed by atoms with E-state index >= 15 is 0 Å². The van der Waals surface area contributed by atoms with E-state index in [1.54, 1.807) is 12.1 Å². The Bertz CT molecular complexity index is 1130. The number of ether oxygens (including phenoxy) is 1. The van der Waals surface area contributed by atoms with E-state index in [-0.39, 0.29) is 29.4 Å². The molecule has 0 unspecified atom stereocenters. The predicted molar refractivity (Wildman–Crippen MR) is 91.4 cm³/mol. The van der Waals surface area contributed by atoms with E-state index in [9.17, 15) is 9.18 Å². The van der Waals surface area contributed by atoms with Crippen LogP contribution in [0.2, 0.25) is 5.02 Å². The largest absolute Gasteiger partial charge is 0.478 e. The van der Waals surface area contributed by atoms with Gasteiger partial charge < -0.3 is 9.15 Å². The normalized spacial score (nSPS) is 11.0. The smallest absolute Gasteiger partial charge is 0.235 e. The van der Waals surface area contributed by atoms with E-state index in [2.05, 4.69) is 20.6 Å². The topological polar surface area (TPSA) is 93.9 Å². The molecule has 4 aromatic rings. The molecule has 0 radical (unpaired) electrons. The number of tetrazole rings is 1. The zero-order valence-electron chi connectivity index (χ0n) is 13.1. The summed E-state index contributed by atoms with van der Waals surface area (Å²) in [6.07, 6.45) is 0. The van der Waals surface area contributed by atoms with E-state index in [1.807, 2.05) is 0 Å². The van der Waals surface area contributed by atoms with Gasteiger partial charge in [-0.1, -0.05) is 16.8 Å². The van der Waals surface area contributed by atoms with Crippen LogP contribution in [0.4, 0.5) is 4.39 Å². The van der Waals surface area contributed by atoms with Crippen LogP contribution < -0.4 is 10.2 Å². The van der Waals surface area contributed by atoms with E-state index in [4.69, 9.17) is 20.8 Å². The van der Waals surface area contributed by atoms with Crippen molar-refractivity contribution in [3.63, 3.8) is 0 Å². The van der Waals surface area contributed by atoms with Gasteiger partial charge in [0.15, 0.2) is 12.4 Å². The van der Waals surface area contributed by atoms with Gasteiger partial charge in [-0.05, 0) is 36.4 Å². The molecule has 0 aliphatic rings. The predicted octanol–water partition coefficient (Wildman–Crippen LogP) is 3.34. The molecule has 9 heteroatoms. The van der Waals surface area contributed by atoms with Crippen LogP contribution in [-0.2, 0) is 6.61 Å². The fraction of sp³-hybridized carbons (Fsp3) is 0.0588. The van der Waals surface area contributed by atoms with Crippen LogP contribution in [0.1, 0.15) is 5.82 Å². The molecule has 0 saturated carbocycles. The van der Waals surface area contributed by atoms with Gasteiger partial charge >= 0.3 is 0 Å². The van der Waals surface area contributed by atoms with E-state index in [0.717, 1.165) is 0 Å². The maximum Gasteiger partial charge on any atom is 0.235 e. The van der Waals surface area contributed by atoms with Gasteiger partial charge in [-0.3, -0.25) is 4.79 Å². The van der Waals surface area contributed by atoms with Crippen LogP contribution in [0.5, 0.6) is 5.75 Å². The Morgan fingerprint density at radius 1 is 1.19 bits per heavy atom. The Morgan fingerprint density at radius 3 is 2.73 bits per heavy atom. The first kappa shape index (κ1) is 16.2. The van der Waals surface area contributed by atoms with Gasteiger partial charge in [-0.15, -0.1) is 10.2 Å². The molecule has 2 aromatic heterocycles. The molecule has 0 aliphatic carbocycles. The highest BCUT2D eigenvalue weighted by molar-refractivity contribution is 6.31. The van der Waals surface area contributed by atoms with Crippen LogP contribution in [0, 0.1) is 5.82 Å². The van der Waals surface area contributed by atoms with Crippen molar-refractivity contribution in [2.45, 2.75) is 6.61 Å². The summed E-state index contributed by atoms with van der Waals surface area (Å²) >= 11 is 5.99. The average molecular weight is 373 g/mol. The maximum atomic E-state index is 13.3. The number of benzene rings is 2. The summed E-state index contributed by atoms with van der Waals surface area (Å²) in [5, 5.41) is 14.0. The van der Waals surface area contributed by atoms with Gasteiger partial charge in [0.25, 0.3) is 0 Å². The third-order valence-corrected chi connectivity index (χ3v) is 3.89. The van der Waals surface area contributed by atoms with Gasteiger partial charge in [0.2, 0.25) is 17.0 Å². The molecule has 130 valence electrons. The SMILES string of the molecule is O=c1c(OCc2nn[nH]n2)c(-c2ccc(F)cc2)oc2cc(Cl)ccc12. The second kappa shape index (κ2) is 6.57. The first-order valence-electron chi connectivity index (χ1n) is 7.49. The Morgan fingerprint density at radius 2 is 2.00 bits per heavy atom. The minimum absolute atomic E-state index is 0.0313. The molecular weight excluding hydrogens is 363 g/mol. The monoisotopic (exact) mass is 372 g/mol. The van der Waals surface area contributed by atoms with Crippen molar-refractivity contribution >= 4 is 22.6 Å². The standard InChI is InChI=1S/C17H10ClFN4O3/c18-10-3-6-12-13(7-10)26-16(9-1-4-11(19)5-2-9)17(15(12)24)25-8-14-20-22-23-21-14/h1-7H,8H2,(H,20,21,22,23). The molecule has 0 fully saturated rings. The number of fused-ring (bicyclic) bond motifs is 1. The van der Waals surface area contributed by atoms with Gasteiger partial charge in [-0.2, -0.15) is 5.21 Å². The van der Waals surface area contributed by atoms with Crippen LogP contribution in [0.15, 0.2) is 51.7 Å². The molecule has 0 saturated heterocycles. The molecule has 0 bridgehead atoms. The number of aromatic nitrogens is 4. The van der Waals surface area contributed by atoms with Gasteiger partial charge in [0, 0.05) is 16.7 Å². The Labute approximate surface area is 150 Å². The summed E-state index contributed by atoms with van der Waals surface area (Å²) in [6.45, 7) is -0.0887. The second-order valence-corrected chi connectivity index (χ2v) is 5.79. The van der Waals surface area contributed by atoms with Crippen molar-refractivity contribution in [2.75, 3.05) is 0 Å².